The molecule has 156 valence electrons. The van der Waals surface area contributed by atoms with Gasteiger partial charge in [-0.2, -0.15) is 4.31 Å². The van der Waals surface area contributed by atoms with E-state index in [1.807, 2.05) is 6.92 Å². The zero-order chi connectivity index (χ0) is 20.7. The number of nitrogens with one attached hydrogen (secondary N) is 3. The lowest BCUT2D eigenvalue weighted by molar-refractivity contribution is -0.895. The molecule has 1 saturated heterocycles. The second-order valence-corrected chi connectivity index (χ2v) is 8.44. The number of carbonyl (C=O) groups is 2. The summed E-state index contributed by atoms with van der Waals surface area (Å²) in [7, 11) is -4.15. The lowest BCUT2D eigenvalue weighted by Crippen LogP contribution is -3.15. The Balaban J connectivity index is 1.84. The maximum absolute atomic E-state index is 13.8. The maximum Gasteiger partial charge on any atom is 0.275 e. The molecule has 0 bridgehead atoms. The van der Waals surface area contributed by atoms with Crippen LogP contribution in [-0.4, -0.2) is 70.4 Å². The van der Waals surface area contributed by atoms with Gasteiger partial charge in [0.2, 0.25) is 15.9 Å². The van der Waals surface area contributed by atoms with E-state index in [0.717, 1.165) is 27.8 Å². The Morgan fingerprint density at radius 2 is 1.82 bits per heavy atom. The molecule has 11 heteroatoms. The largest absolute Gasteiger partial charge is 0.355 e. The zero-order valence-electron chi connectivity index (χ0n) is 15.6. The first-order valence-corrected chi connectivity index (χ1v) is 10.5. The quantitative estimate of drug-likeness (QED) is 0.477. The molecule has 2 amide bonds. The summed E-state index contributed by atoms with van der Waals surface area (Å²) in [5, 5.41) is 5.17. The topological polar surface area (TPSA) is 100 Å². The van der Waals surface area contributed by atoms with Gasteiger partial charge in [-0.3, -0.25) is 9.59 Å². The van der Waals surface area contributed by atoms with E-state index < -0.39 is 26.6 Å². The van der Waals surface area contributed by atoms with E-state index in [9.17, 15) is 26.8 Å². The number of amides is 2. The van der Waals surface area contributed by atoms with Crippen LogP contribution in [0.5, 0.6) is 0 Å². The van der Waals surface area contributed by atoms with Gasteiger partial charge in [0, 0.05) is 6.54 Å². The molecule has 1 aliphatic heterocycles. The third kappa shape index (κ3) is 5.94. The van der Waals surface area contributed by atoms with Gasteiger partial charge in [0.15, 0.2) is 6.54 Å². The highest BCUT2D eigenvalue weighted by Gasteiger charge is 2.33. The molecule has 1 aliphatic rings. The first kappa shape index (κ1) is 22.2. The van der Waals surface area contributed by atoms with Crippen molar-refractivity contribution in [3.63, 3.8) is 0 Å². The summed E-state index contributed by atoms with van der Waals surface area (Å²) in [6, 6.07) is 2.31. The minimum atomic E-state index is -4.15. The van der Waals surface area contributed by atoms with Crippen molar-refractivity contribution in [2.24, 2.45) is 0 Å². The number of rotatable bonds is 8. The summed E-state index contributed by atoms with van der Waals surface area (Å²) in [5.74, 6) is -2.41. The second-order valence-electron chi connectivity index (χ2n) is 6.53. The molecule has 0 radical (unpaired) electrons. The van der Waals surface area contributed by atoms with Gasteiger partial charge in [-0.25, -0.2) is 17.2 Å². The van der Waals surface area contributed by atoms with E-state index >= 15 is 0 Å². The lowest BCUT2D eigenvalue weighted by Gasteiger charge is -2.31. The second kappa shape index (κ2) is 9.89. The van der Waals surface area contributed by atoms with Gasteiger partial charge in [0.05, 0.1) is 32.7 Å². The van der Waals surface area contributed by atoms with Crippen LogP contribution in [0.1, 0.15) is 13.3 Å². The molecular formula is C17H25F2N4O4S+. The van der Waals surface area contributed by atoms with Crippen LogP contribution in [0.25, 0.3) is 0 Å². The van der Waals surface area contributed by atoms with Crippen molar-refractivity contribution in [2.75, 3.05) is 45.8 Å². The first-order valence-electron chi connectivity index (χ1n) is 9.06. The minimum absolute atomic E-state index is 0.0812. The van der Waals surface area contributed by atoms with Crippen LogP contribution in [-0.2, 0) is 19.6 Å². The Hall–Kier alpha value is -2.11. The smallest absolute Gasteiger partial charge is 0.275 e. The molecular weight excluding hydrogens is 394 g/mol. The number of benzene rings is 1. The average Bonchev–Trinajstić information content (AvgIpc) is 2.67. The summed E-state index contributed by atoms with van der Waals surface area (Å²) >= 11 is 0. The summed E-state index contributed by atoms with van der Waals surface area (Å²) < 4.78 is 53.3. The van der Waals surface area contributed by atoms with Gasteiger partial charge >= 0.3 is 0 Å². The first-order chi connectivity index (χ1) is 13.2. The van der Waals surface area contributed by atoms with Crippen LogP contribution in [0.4, 0.5) is 8.78 Å². The Morgan fingerprint density at radius 3 is 2.46 bits per heavy atom. The van der Waals surface area contributed by atoms with Crippen molar-refractivity contribution in [1.82, 2.24) is 14.9 Å². The highest BCUT2D eigenvalue weighted by Crippen LogP contribution is 2.20. The third-order valence-electron chi connectivity index (χ3n) is 4.37. The summed E-state index contributed by atoms with van der Waals surface area (Å²) in [4.78, 5) is 23.6. The van der Waals surface area contributed by atoms with E-state index in [0.29, 0.717) is 25.7 Å². The number of piperazine rings is 1. The molecule has 0 aromatic heterocycles. The van der Waals surface area contributed by atoms with E-state index in [4.69, 9.17) is 0 Å². The van der Waals surface area contributed by atoms with Crippen molar-refractivity contribution in [3.05, 3.63) is 29.8 Å². The van der Waals surface area contributed by atoms with Crippen molar-refractivity contribution in [1.29, 1.82) is 0 Å². The van der Waals surface area contributed by atoms with E-state index in [2.05, 4.69) is 10.6 Å². The van der Waals surface area contributed by atoms with Crippen LogP contribution in [0, 0.1) is 11.6 Å². The Bertz CT molecular complexity index is 811. The average molecular weight is 419 g/mol. The predicted octanol–water partition coefficient (Wildman–Crippen LogP) is -1.50. The molecule has 3 N–H and O–H groups in total. The number of carbonyl (C=O) groups excluding carboxylic acids is 2. The van der Waals surface area contributed by atoms with Gasteiger partial charge in [0.1, 0.15) is 16.5 Å². The molecule has 0 spiro atoms. The van der Waals surface area contributed by atoms with Crippen LogP contribution in [0.2, 0.25) is 0 Å². The van der Waals surface area contributed by atoms with Crippen LogP contribution >= 0.6 is 0 Å². The number of sulfonamides is 1. The number of hydrogen-bond acceptors (Lipinski definition) is 4. The predicted molar refractivity (Wildman–Crippen MR) is 97.0 cm³/mol. The van der Waals surface area contributed by atoms with Gasteiger partial charge in [-0.1, -0.05) is 6.92 Å². The molecule has 1 aromatic rings. The zero-order valence-corrected chi connectivity index (χ0v) is 16.4. The van der Waals surface area contributed by atoms with Gasteiger partial charge in [0.25, 0.3) is 5.91 Å². The molecule has 1 fully saturated rings. The highest BCUT2D eigenvalue weighted by molar-refractivity contribution is 7.89. The fraction of sp³-hybridized carbons (Fsp3) is 0.529. The van der Waals surface area contributed by atoms with Gasteiger partial charge in [-0.05, 0) is 24.6 Å². The molecule has 0 saturated carbocycles. The Kier molecular flexibility index (Phi) is 7.84. The van der Waals surface area contributed by atoms with E-state index in [1.165, 1.54) is 0 Å². The van der Waals surface area contributed by atoms with Crippen LogP contribution < -0.4 is 15.5 Å². The third-order valence-corrected chi connectivity index (χ3v) is 6.28. The SMILES string of the molecule is CCCNC(=O)CNC(=O)C[NH+]1CCN(S(=O)(=O)c2cc(F)ccc2F)CC1. The Labute approximate surface area is 162 Å². The van der Waals surface area contributed by atoms with E-state index in [-0.39, 0.29) is 38.0 Å². The molecule has 2 rings (SSSR count). The maximum atomic E-state index is 13.8. The molecule has 0 aliphatic carbocycles. The monoisotopic (exact) mass is 419 g/mol. The number of hydrogen-bond donors (Lipinski definition) is 3. The van der Waals surface area contributed by atoms with Crippen molar-refractivity contribution in [2.45, 2.75) is 18.2 Å². The number of quaternary nitrogens is 1. The fourth-order valence-electron chi connectivity index (χ4n) is 2.83. The molecule has 1 aromatic carbocycles. The van der Waals surface area contributed by atoms with Crippen molar-refractivity contribution in [3.8, 4) is 0 Å². The summed E-state index contributed by atoms with van der Waals surface area (Å²) in [5.41, 5.74) is 0. The molecule has 0 unspecified atom stereocenters. The van der Waals surface area contributed by atoms with Crippen molar-refractivity contribution < 1.29 is 31.7 Å². The van der Waals surface area contributed by atoms with Gasteiger partial charge < -0.3 is 15.5 Å². The minimum Gasteiger partial charge on any atom is -0.355 e. The molecule has 0 atom stereocenters. The lowest BCUT2D eigenvalue weighted by atomic mass is 10.3. The standard InChI is InChI=1S/C17H24F2N4O4S/c1-2-5-20-16(24)11-21-17(25)12-22-6-8-23(9-7-22)28(26,27)15-10-13(18)3-4-14(15)19/h3-4,10H,2,5-9,11-12H2,1H3,(H,20,24)(H,21,25)/p+1. The number of halogens is 2. The van der Waals surface area contributed by atoms with Crippen molar-refractivity contribution >= 4 is 21.8 Å². The van der Waals surface area contributed by atoms with Gasteiger partial charge in [-0.15, -0.1) is 0 Å². The molecule has 1 heterocycles. The van der Waals surface area contributed by atoms with Crippen LogP contribution in [0.15, 0.2) is 23.1 Å². The number of nitrogens with zero attached hydrogens (tertiary/aromatic N) is 1. The van der Waals surface area contributed by atoms with E-state index in [1.54, 1.807) is 0 Å². The molecule has 8 nitrogen and oxygen atoms in total. The summed E-state index contributed by atoms with van der Waals surface area (Å²) in [6.07, 6.45) is 0.802. The Morgan fingerprint density at radius 1 is 1.14 bits per heavy atom. The molecule has 28 heavy (non-hydrogen) atoms. The summed E-state index contributed by atoms with van der Waals surface area (Å²) in [6.45, 7) is 3.30. The highest BCUT2D eigenvalue weighted by atomic mass is 32.2. The fourth-order valence-corrected chi connectivity index (χ4v) is 4.35. The normalized spacial score (nSPS) is 16.0. The van der Waals surface area contributed by atoms with Crippen LogP contribution in [0.3, 0.4) is 0 Å².